The molecule has 2 unspecified atom stereocenters. The Morgan fingerprint density at radius 1 is 1.62 bits per heavy atom. The van der Waals surface area contributed by atoms with E-state index in [1.54, 1.807) is 6.21 Å². The summed E-state index contributed by atoms with van der Waals surface area (Å²) < 4.78 is 0. The third-order valence-electron chi connectivity index (χ3n) is 2.68. The zero-order valence-corrected chi connectivity index (χ0v) is 8.11. The van der Waals surface area contributed by atoms with E-state index in [2.05, 4.69) is 4.99 Å². The molecule has 0 aromatic carbocycles. The monoisotopic (exact) mass is 182 g/mol. The minimum atomic E-state index is -0.204. The molecule has 1 heterocycles. The Labute approximate surface area is 79.4 Å². The Bertz CT molecular complexity index is 199. The first-order valence-corrected chi connectivity index (χ1v) is 4.77. The second-order valence-corrected chi connectivity index (χ2v) is 3.67. The lowest BCUT2D eigenvalue weighted by Gasteiger charge is -2.28. The third kappa shape index (κ3) is 2.39. The molecule has 0 saturated carbocycles. The van der Waals surface area contributed by atoms with Gasteiger partial charge in [0.1, 0.15) is 0 Å². The summed E-state index contributed by atoms with van der Waals surface area (Å²) in [6.45, 7) is 2.91. The molecule has 0 fully saturated rings. The minimum absolute atomic E-state index is 0.179. The summed E-state index contributed by atoms with van der Waals surface area (Å²) in [4.78, 5) is 4.35. The zero-order chi connectivity index (χ0) is 9.73. The van der Waals surface area contributed by atoms with Crippen LogP contribution in [0.1, 0.15) is 19.8 Å². The first-order chi connectivity index (χ1) is 6.23. The number of rotatable bonds is 5. The molecule has 0 bridgehead atoms. The van der Waals surface area contributed by atoms with Crippen LogP contribution in [0.4, 0.5) is 0 Å². The molecule has 0 aromatic rings. The number of hydrogen-bond donors (Lipinski definition) is 2. The Hall–Kier alpha value is -0.670. The van der Waals surface area contributed by atoms with Crippen molar-refractivity contribution in [2.45, 2.75) is 25.3 Å². The number of nitrogens with zero attached hydrogens (tertiary/aromatic N) is 1. The van der Waals surface area contributed by atoms with Crippen LogP contribution in [0.15, 0.2) is 17.1 Å². The number of aliphatic imine (C=N–C) groups is 1. The Kier molecular flexibility index (Phi) is 3.63. The maximum Gasteiger partial charge on any atom is 0.0813 e. The fourth-order valence-corrected chi connectivity index (χ4v) is 1.66. The first kappa shape index (κ1) is 10.4. The van der Waals surface area contributed by atoms with Gasteiger partial charge in [-0.1, -0.05) is 6.08 Å². The minimum Gasteiger partial charge on any atom is -0.396 e. The van der Waals surface area contributed by atoms with E-state index < -0.39 is 0 Å². The van der Waals surface area contributed by atoms with Crippen LogP contribution in [0, 0.1) is 5.92 Å². The quantitative estimate of drug-likeness (QED) is 0.658. The van der Waals surface area contributed by atoms with Gasteiger partial charge in [0.15, 0.2) is 0 Å². The van der Waals surface area contributed by atoms with Crippen molar-refractivity contribution < 1.29 is 5.11 Å². The van der Waals surface area contributed by atoms with E-state index in [0.29, 0.717) is 6.54 Å². The van der Waals surface area contributed by atoms with Gasteiger partial charge in [0, 0.05) is 18.7 Å². The molecule has 1 aliphatic rings. The van der Waals surface area contributed by atoms with Crippen LogP contribution in [-0.2, 0) is 0 Å². The fourth-order valence-electron chi connectivity index (χ4n) is 1.66. The van der Waals surface area contributed by atoms with E-state index in [1.807, 2.05) is 19.1 Å². The van der Waals surface area contributed by atoms with Crippen molar-refractivity contribution in [2.24, 2.45) is 16.6 Å². The molecular formula is C10H18N2O. The van der Waals surface area contributed by atoms with Crippen molar-refractivity contribution in [3.63, 3.8) is 0 Å². The van der Waals surface area contributed by atoms with E-state index in [0.717, 1.165) is 12.8 Å². The topological polar surface area (TPSA) is 58.6 Å². The summed E-state index contributed by atoms with van der Waals surface area (Å²) in [7, 11) is 0. The lowest BCUT2D eigenvalue weighted by atomic mass is 9.84. The van der Waals surface area contributed by atoms with Gasteiger partial charge in [0.05, 0.1) is 5.54 Å². The van der Waals surface area contributed by atoms with E-state index in [9.17, 15) is 5.11 Å². The van der Waals surface area contributed by atoms with Gasteiger partial charge in [-0.2, -0.15) is 0 Å². The second-order valence-electron chi connectivity index (χ2n) is 3.67. The van der Waals surface area contributed by atoms with E-state index in [-0.39, 0.29) is 18.1 Å². The average molecular weight is 182 g/mol. The summed E-state index contributed by atoms with van der Waals surface area (Å²) in [5.41, 5.74) is 5.23. The molecule has 0 radical (unpaired) electrons. The average Bonchev–Trinajstić information content (AvgIpc) is 2.54. The predicted octanol–water partition coefficient (Wildman–Crippen LogP) is 0.733. The van der Waals surface area contributed by atoms with E-state index >= 15 is 0 Å². The smallest absolute Gasteiger partial charge is 0.0813 e. The SMILES string of the molecule is CC1(C(CO)CCCN)C=CC=N1. The highest BCUT2D eigenvalue weighted by molar-refractivity contribution is 5.75. The van der Waals surface area contributed by atoms with Crippen LogP contribution in [-0.4, -0.2) is 30.0 Å². The highest BCUT2D eigenvalue weighted by Crippen LogP contribution is 2.29. The summed E-state index contributed by atoms with van der Waals surface area (Å²) in [5, 5.41) is 9.23. The van der Waals surface area contributed by atoms with Gasteiger partial charge in [-0.15, -0.1) is 0 Å². The van der Waals surface area contributed by atoms with Gasteiger partial charge < -0.3 is 10.8 Å². The van der Waals surface area contributed by atoms with Crippen molar-refractivity contribution >= 4 is 6.21 Å². The molecule has 0 spiro atoms. The summed E-state index contributed by atoms with van der Waals surface area (Å²) in [6.07, 6.45) is 7.66. The normalized spacial score (nSPS) is 28.2. The number of allylic oxidation sites excluding steroid dienone is 1. The molecule has 3 nitrogen and oxygen atoms in total. The maximum absolute atomic E-state index is 9.23. The van der Waals surface area contributed by atoms with Crippen molar-refractivity contribution in [2.75, 3.05) is 13.2 Å². The highest BCUT2D eigenvalue weighted by atomic mass is 16.3. The molecule has 3 N–H and O–H groups in total. The zero-order valence-electron chi connectivity index (χ0n) is 8.11. The maximum atomic E-state index is 9.23. The predicted molar refractivity (Wildman–Crippen MR) is 54.9 cm³/mol. The van der Waals surface area contributed by atoms with Gasteiger partial charge in [-0.05, 0) is 32.4 Å². The molecule has 2 atom stereocenters. The first-order valence-electron chi connectivity index (χ1n) is 4.77. The molecule has 3 heteroatoms. The van der Waals surface area contributed by atoms with Crippen LogP contribution >= 0.6 is 0 Å². The standard InChI is InChI=1S/C10H18N2O/c1-10(5-3-7-12-10)9(8-13)4-2-6-11/h3,5,7,9,13H,2,4,6,8,11H2,1H3. The van der Waals surface area contributed by atoms with E-state index in [1.165, 1.54) is 0 Å². The van der Waals surface area contributed by atoms with Crippen LogP contribution in [0.2, 0.25) is 0 Å². The van der Waals surface area contributed by atoms with Crippen LogP contribution < -0.4 is 5.73 Å². The van der Waals surface area contributed by atoms with Crippen LogP contribution in [0.25, 0.3) is 0 Å². The number of hydrogen-bond acceptors (Lipinski definition) is 3. The van der Waals surface area contributed by atoms with Crippen molar-refractivity contribution in [3.05, 3.63) is 12.2 Å². The number of aliphatic hydroxyl groups is 1. The van der Waals surface area contributed by atoms with Gasteiger partial charge in [-0.25, -0.2) is 0 Å². The fraction of sp³-hybridized carbons (Fsp3) is 0.700. The number of nitrogens with two attached hydrogens (primary N) is 1. The Morgan fingerprint density at radius 2 is 2.38 bits per heavy atom. The molecule has 0 amide bonds. The third-order valence-corrected chi connectivity index (χ3v) is 2.68. The molecule has 1 rings (SSSR count). The van der Waals surface area contributed by atoms with Crippen molar-refractivity contribution in [1.82, 2.24) is 0 Å². The largest absolute Gasteiger partial charge is 0.396 e. The highest BCUT2D eigenvalue weighted by Gasteiger charge is 2.31. The molecule has 74 valence electrons. The Morgan fingerprint density at radius 3 is 2.85 bits per heavy atom. The Balaban J connectivity index is 2.55. The van der Waals surface area contributed by atoms with Gasteiger partial charge in [0.2, 0.25) is 0 Å². The summed E-state index contributed by atoms with van der Waals surface area (Å²) >= 11 is 0. The lowest BCUT2D eigenvalue weighted by Crippen LogP contribution is -2.32. The van der Waals surface area contributed by atoms with Crippen molar-refractivity contribution in [1.29, 1.82) is 0 Å². The van der Waals surface area contributed by atoms with Gasteiger partial charge in [0.25, 0.3) is 0 Å². The molecule has 13 heavy (non-hydrogen) atoms. The van der Waals surface area contributed by atoms with Gasteiger partial charge >= 0.3 is 0 Å². The molecular weight excluding hydrogens is 164 g/mol. The summed E-state index contributed by atoms with van der Waals surface area (Å²) in [5.74, 6) is 0.200. The van der Waals surface area contributed by atoms with Gasteiger partial charge in [-0.3, -0.25) is 4.99 Å². The molecule has 0 aromatic heterocycles. The van der Waals surface area contributed by atoms with Crippen molar-refractivity contribution in [3.8, 4) is 0 Å². The summed E-state index contributed by atoms with van der Waals surface area (Å²) in [6, 6.07) is 0. The molecule has 1 aliphatic heterocycles. The second kappa shape index (κ2) is 4.53. The lowest BCUT2D eigenvalue weighted by molar-refractivity contribution is 0.175. The molecule has 0 saturated heterocycles. The number of aliphatic hydroxyl groups excluding tert-OH is 1. The molecule has 0 aliphatic carbocycles. The van der Waals surface area contributed by atoms with Crippen LogP contribution in [0.5, 0.6) is 0 Å². The van der Waals surface area contributed by atoms with Crippen LogP contribution in [0.3, 0.4) is 0 Å². The van der Waals surface area contributed by atoms with E-state index in [4.69, 9.17) is 5.73 Å².